The van der Waals surface area contributed by atoms with Crippen LogP contribution in [0, 0.1) is 11.8 Å². The number of benzene rings is 2. The first-order valence-electron chi connectivity index (χ1n) is 8.64. The van der Waals surface area contributed by atoms with Gasteiger partial charge in [0.2, 0.25) is 11.8 Å². The Bertz CT molecular complexity index is 734. The summed E-state index contributed by atoms with van der Waals surface area (Å²) in [7, 11) is 0. The van der Waals surface area contributed by atoms with E-state index in [0.717, 1.165) is 0 Å². The molecule has 0 heterocycles. The van der Waals surface area contributed by atoms with Crippen LogP contribution in [0.2, 0.25) is 10.0 Å². The molecule has 26 heavy (non-hydrogen) atoms. The monoisotopic (exact) mass is 390 g/mol. The average Bonchev–Trinajstić information content (AvgIpc) is 2.62. The van der Waals surface area contributed by atoms with Crippen molar-refractivity contribution < 1.29 is 9.59 Å². The van der Waals surface area contributed by atoms with Gasteiger partial charge in [0.05, 0.1) is 0 Å². The van der Waals surface area contributed by atoms with Crippen molar-refractivity contribution in [1.29, 1.82) is 0 Å². The maximum absolute atomic E-state index is 12.4. The number of carbonyl (C=O) groups is 2. The molecule has 0 aliphatic heterocycles. The van der Waals surface area contributed by atoms with Crippen molar-refractivity contribution in [2.24, 2.45) is 11.8 Å². The van der Waals surface area contributed by atoms with Gasteiger partial charge in [0.1, 0.15) is 0 Å². The molecule has 6 heteroatoms. The van der Waals surface area contributed by atoms with Crippen molar-refractivity contribution in [2.75, 3.05) is 10.6 Å². The van der Waals surface area contributed by atoms with Crippen molar-refractivity contribution in [2.45, 2.75) is 25.7 Å². The zero-order valence-corrected chi connectivity index (χ0v) is 15.7. The number of rotatable bonds is 4. The van der Waals surface area contributed by atoms with Crippen molar-refractivity contribution in [3.63, 3.8) is 0 Å². The lowest BCUT2D eigenvalue weighted by molar-refractivity contribution is -0.125. The first-order chi connectivity index (χ1) is 12.5. The summed E-state index contributed by atoms with van der Waals surface area (Å²) in [5.74, 6) is -0.185. The molecule has 0 radical (unpaired) electrons. The number of halogens is 2. The molecule has 1 saturated carbocycles. The first kappa shape index (κ1) is 18.7. The molecule has 136 valence electrons. The van der Waals surface area contributed by atoms with Crippen LogP contribution in [0.5, 0.6) is 0 Å². The minimum absolute atomic E-state index is 0.0130. The average molecular weight is 391 g/mol. The Balaban J connectivity index is 1.50. The molecule has 1 aliphatic carbocycles. The molecule has 0 aromatic heterocycles. The minimum atomic E-state index is -0.0794. The Morgan fingerprint density at radius 3 is 1.46 bits per heavy atom. The topological polar surface area (TPSA) is 58.2 Å². The zero-order chi connectivity index (χ0) is 18.5. The third-order valence-electron chi connectivity index (χ3n) is 4.65. The number of hydrogen-bond acceptors (Lipinski definition) is 2. The molecule has 1 fully saturated rings. The summed E-state index contributed by atoms with van der Waals surface area (Å²) >= 11 is 11.9. The van der Waals surface area contributed by atoms with Gasteiger partial charge in [-0.15, -0.1) is 0 Å². The molecule has 2 amide bonds. The van der Waals surface area contributed by atoms with Crippen LogP contribution in [0.1, 0.15) is 25.7 Å². The fraction of sp³-hybridized carbons (Fsp3) is 0.300. The van der Waals surface area contributed by atoms with Gasteiger partial charge < -0.3 is 10.6 Å². The zero-order valence-electron chi connectivity index (χ0n) is 14.2. The fourth-order valence-corrected chi connectivity index (χ4v) is 3.62. The Hall–Kier alpha value is -2.04. The fourth-order valence-electron chi connectivity index (χ4n) is 3.24. The molecule has 0 atom stereocenters. The van der Waals surface area contributed by atoms with Crippen LogP contribution < -0.4 is 10.6 Å². The number of amides is 2. The molecule has 1 aliphatic rings. The predicted octanol–water partition coefficient (Wildman–Crippen LogP) is 5.38. The second-order valence-electron chi connectivity index (χ2n) is 6.55. The molecule has 0 spiro atoms. The van der Waals surface area contributed by atoms with Gasteiger partial charge in [-0.2, -0.15) is 0 Å². The maximum atomic E-state index is 12.4. The molecule has 2 N–H and O–H groups in total. The van der Waals surface area contributed by atoms with Gasteiger partial charge in [-0.25, -0.2) is 0 Å². The van der Waals surface area contributed by atoms with Gasteiger partial charge in [-0.05, 0) is 62.1 Å². The lowest BCUT2D eigenvalue weighted by Crippen LogP contribution is -2.32. The summed E-state index contributed by atoms with van der Waals surface area (Å²) < 4.78 is 0. The molecule has 4 nitrogen and oxygen atoms in total. The van der Waals surface area contributed by atoms with E-state index >= 15 is 0 Å². The number of carbonyl (C=O) groups excluding carboxylic acids is 2. The summed E-state index contributed by atoms with van der Waals surface area (Å²) in [5, 5.41) is 6.98. The third-order valence-corrected chi connectivity index (χ3v) is 5.12. The van der Waals surface area contributed by atoms with E-state index in [1.165, 1.54) is 0 Å². The molecular formula is C20H20Cl2N2O2. The second kappa shape index (κ2) is 8.56. The minimum Gasteiger partial charge on any atom is -0.326 e. The Labute approximate surface area is 162 Å². The van der Waals surface area contributed by atoms with Gasteiger partial charge >= 0.3 is 0 Å². The molecule has 2 aromatic carbocycles. The summed E-state index contributed by atoms with van der Waals surface area (Å²) in [5.41, 5.74) is 1.40. The van der Waals surface area contributed by atoms with Crippen LogP contribution in [0.4, 0.5) is 11.4 Å². The van der Waals surface area contributed by atoms with E-state index in [2.05, 4.69) is 10.6 Å². The predicted molar refractivity (Wildman–Crippen MR) is 106 cm³/mol. The molecule has 0 bridgehead atoms. The Morgan fingerprint density at radius 1 is 0.731 bits per heavy atom. The summed E-state index contributed by atoms with van der Waals surface area (Å²) in [6, 6.07) is 14.2. The Kier molecular flexibility index (Phi) is 6.17. The van der Waals surface area contributed by atoms with Crippen LogP contribution in [0.15, 0.2) is 48.5 Å². The van der Waals surface area contributed by atoms with Gasteiger partial charge in [0.25, 0.3) is 0 Å². The SMILES string of the molecule is O=C(Nc1cccc(Cl)c1)C1CCC(C(=O)Nc2cccc(Cl)c2)CC1. The molecule has 0 unspecified atom stereocenters. The maximum Gasteiger partial charge on any atom is 0.227 e. The van der Waals surface area contributed by atoms with Gasteiger partial charge in [-0.3, -0.25) is 9.59 Å². The van der Waals surface area contributed by atoms with Gasteiger partial charge in [-0.1, -0.05) is 35.3 Å². The van der Waals surface area contributed by atoms with Gasteiger partial charge in [0.15, 0.2) is 0 Å². The lowest BCUT2D eigenvalue weighted by Gasteiger charge is -2.27. The highest BCUT2D eigenvalue weighted by atomic mass is 35.5. The molecule has 0 saturated heterocycles. The van der Waals surface area contributed by atoms with Crippen molar-refractivity contribution >= 4 is 46.4 Å². The number of nitrogens with one attached hydrogen (secondary N) is 2. The quantitative estimate of drug-likeness (QED) is 0.736. The summed E-state index contributed by atoms with van der Waals surface area (Å²) in [4.78, 5) is 24.8. The largest absolute Gasteiger partial charge is 0.326 e. The van der Waals surface area contributed by atoms with Crippen LogP contribution in [0.3, 0.4) is 0 Å². The Morgan fingerprint density at radius 2 is 1.12 bits per heavy atom. The summed E-state index contributed by atoms with van der Waals surface area (Å²) in [6.07, 6.45) is 2.78. The van der Waals surface area contributed by atoms with Crippen molar-refractivity contribution in [1.82, 2.24) is 0 Å². The molecule has 2 aromatic rings. The smallest absolute Gasteiger partial charge is 0.227 e. The molecular weight excluding hydrogens is 371 g/mol. The lowest BCUT2D eigenvalue weighted by atomic mass is 9.81. The van der Waals surface area contributed by atoms with E-state index in [1.54, 1.807) is 36.4 Å². The van der Waals surface area contributed by atoms with Crippen molar-refractivity contribution in [3.05, 3.63) is 58.6 Å². The molecule has 3 rings (SSSR count). The van der Waals surface area contributed by atoms with E-state index in [1.807, 2.05) is 12.1 Å². The highest BCUT2D eigenvalue weighted by molar-refractivity contribution is 6.31. The third kappa shape index (κ3) is 4.99. The van der Waals surface area contributed by atoms with E-state index in [0.29, 0.717) is 47.1 Å². The van der Waals surface area contributed by atoms with Crippen molar-refractivity contribution in [3.8, 4) is 0 Å². The van der Waals surface area contributed by atoms with Crippen LogP contribution in [0.25, 0.3) is 0 Å². The number of hydrogen-bond donors (Lipinski definition) is 2. The van der Waals surface area contributed by atoms with Crippen LogP contribution in [-0.2, 0) is 9.59 Å². The van der Waals surface area contributed by atoms with E-state index in [4.69, 9.17) is 23.2 Å². The van der Waals surface area contributed by atoms with E-state index < -0.39 is 0 Å². The van der Waals surface area contributed by atoms with Gasteiger partial charge in [0, 0.05) is 33.3 Å². The first-order valence-corrected chi connectivity index (χ1v) is 9.40. The van der Waals surface area contributed by atoms with Crippen LogP contribution >= 0.6 is 23.2 Å². The summed E-state index contributed by atoms with van der Waals surface area (Å²) in [6.45, 7) is 0. The van der Waals surface area contributed by atoms with E-state index in [9.17, 15) is 9.59 Å². The highest BCUT2D eigenvalue weighted by Crippen LogP contribution is 2.31. The standard InChI is InChI=1S/C20H20Cl2N2O2/c21-15-3-1-5-17(11-15)23-19(25)13-7-9-14(10-8-13)20(26)24-18-6-2-4-16(22)12-18/h1-6,11-14H,7-10H2,(H,23,25)(H,24,26). The number of anilines is 2. The second-order valence-corrected chi connectivity index (χ2v) is 7.42. The van der Waals surface area contributed by atoms with Crippen LogP contribution in [-0.4, -0.2) is 11.8 Å². The highest BCUT2D eigenvalue weighted by Gasteiger charge is 2.30. The normalized spacial score (nSPS) is 19.6. The van der Waals surface area contributed by atoms with E-state index in [-0.39, 0.29) is 23.7 Å².